The first kappa shape index (κ1) is 12.6. The first-order chi connectivity index (χ1) is 8.31. The van der Waals surface area contributed by atoms with Gasteiger partial charge in [-0.25, -0.2) is 0 Å². The van der Waals surface area contributed by atoms with Gasteiger partial charge in [-0.3, -0.25) is 0 Å². The SMILES string of the molecule is CCCNC(C)CCc1csc2ccccc12. The van der Waals surface area contributed by atoms with Gasteiger partial charge in [-0.1, -0.05) is 25.1 Å². The molecule has 1 unspecified atom stereocenters. The summed E-state index contributed by atoms with van der Waals surface area (Å²) in [7, 11) is 0. The number of thiophene rings is 1. The van der Waals surface area contributed by atoms with Gasteiger partial charge >= 0.3 is 0 Å². The lowest BCUT2D eigenvalue weighted by atomic mass is 10.1. The minimum absolute atomic E-state index is 0.619. The van der Waals surface area contributed by atoms with Crippen molar-refractivity contribution in [3.63, 3.8) is 0 Å². The summed E-state index contributed by atoms with van der Waals surface area (Å²) in [4.78, 5) is 0. The molecule has 0 saturated carbocycles. The molecule has 2 aromatic rings. The lowest BCUT2D eigenvalue weighted by Crippen LogP contribution is -2.27. The Balaban J connectivity index is 1.95. The van der Waals surface area contributed by atoms with Crippen molar-refractivity contribution < 1.29 is 0 Å². The molecule has 0 aliphatic carbocycles. The molecule has 1 aromatic heterocycles. The van der Waals surface area contributed by atoms with Gasteiger partial charge in [0.1, 0.15) is 0 Å². The Morgan fingerprint density at radius 1 is 1.29 bits per heavy atom. The molecule has 0 radical (unpaired) electrons. The third kappa shape index (κ3) is 3.30. The Morgan fingerprint density at radius 3 is 2.94 bits per heavy atom. The zero-order valence-electron chi connectivity index (χ0n) is 10.7. The Labute approximate surface area is 108 Å². The highest BCUT2D eigenvalue weighted by atomic mass is 32.1. The molecular formula is C15H21NS. The summed E-state index contributed by atoms with van der Waals surface area (Å²) in [5.74, 6) is 0. The Hall–Kier alpha value is -0.860. The number of fused-ring (bicyclic) bond motifs is 1. The molecule has 92 valence electrons. The maximum atomic E-state index is 3.55. The summed E-state index contributed by atoms with van der Waals surface area (Å²) in [5, 5.41) is 7.31. The number of rotatable bonds is 6. The molecule has 1 nitrogen and oxygen atoms in total. The van der Waals surface area contributed by atoms with Gasteiger partial charge in [0.15, 0.2) is 0 Å². The van der Waals surface area contributed by atoms with Crippen molar-refractivity contribution in [3.05, 3.63) is 35.2 Å². The number of aryl methyl sites for hydroxylation is 1. The highest BCUT2D eigenvalue weighted by molar-refractivity contribution is 7.17. The normalized spacial score (nSPS) is 13.1. The van der Waals surface area contributed by atoms with Crippen molar-refractivity contribution in [1.29, 1.82) is 0 Å². The van der Waals surface area contributed by atoms with E-state index in [-0.39, 0.29) is 0 Å². The topological polar surface area (TPSA) is 12.0 Å². The monoisotopic (exact) mass is 247 g/mol. The maximum Gasteiger partial charge on any atom is 0.0345 e. The van der Waals surface area contributed by atoms with Crippen molar-refractivity contribution in [2.45, 2.75) is 39.2 Å². The largest absolute Gasteiger partial charge is 0.314 e. The molecule has 0 aliphatic rings. The van der Waals surface area contributed by atoms with Crippen LogP contribution in [0.1, 0.15) is 32.3 Å². The molecule has 0 aliphatic heterocycles. The van der Waals surface area contributed by atoms with E-state index in [0.717, 1.165) is 6.54 Å². The predicted molar refractivity (Wildman–Crippen MR) is 77.9 cm³/mol. The molecule has 1 atom stereocenters. The highest BCUT2D eigenvalue weighted by Gasteiger charge is 2.05. The van der Waals surface area contributed by atoms with E-state index in [1.54, 1.807) is 0 Å². The lowest BCUT2D eigenvalue weighted by molar-refractivity contribution is 0.514. The number of hydrogen-bond donors (Lipinski definition) is 1. The van der Waals surface area contributed by atoms with Gasteiger partial charge in [0.05, 0.1) is 0 Å². The van der Waals surface area contributed by atoms with Crippen LogP contribution in [0.3, 0.4) is 0 Å². The average Bonchev–Trinajstić information content (AvgIpc) is 2.77. The summed E-state index contributed by atoms with van der Waals surface area (Å²) >= 11 is 1.86. The zero-order valence-corrected chi connectivity index (χ0v) is 11.5. The number of hydrogen-bond acceptors (Lipinski definition) is 2. The zero-order chi connectivity index (χ0) is 12.1. The van der Waals surface area contributed by atoms with Crippen LogP contribution in [0.25, 0.3) is 10.1 Å². The molecule has 2 heteroatoms. The van der Waals surface area contributed by atoms with Crippen LogP contribution < -0.4 is 5.32 Å². The maximum absolute atomic E-state index is 3.55. The van der Waals surface area contributed by atoms with E-state index in [4.69, 9.17) is 0 Å². The standard InChI is InChI=1S/C15H21NS/c1-3-10-16-12(2)8-9-13-11-17-15-7-5-4-6-14(13)15/h4-7,11-12,16H,3,8-10H2,1-2H3. The summed E-state index contributed by atoms with van der Waals surface area (Å²) in [5.41, 5.74) is 1.51. The molecule has 1 N–H and O–H groups in total. The van der Waals surface area contributed by atoms with Crippen molar-refractivity contribution in [1.82, 2.24) is 5.32 Å². The van der Waals surface area contributed by atoms with E-state index in [9.17, 15) is 0 Å². The quantitative estimate of drug-likeness (QED) is 0.806. The van der Waals surface area contributed by atoms with Gasteiger partial charge in [-0.05, 0) is 55.1 Å². The molecule has 0 bridgehead atoms. The lowest BCUT2D eigenvalue weighted by Gasteiger charge is -2.12. The van der Waals surface area contributed by atoms with Crippen LogP contribution in [0.15, 0.2) is 29.6 Å². The smallest absolute Gasteiger partial charge is 0.0345 e. The molecule has 17 heavy (non-hydrogen) atoms. The fourth-order valence-corrected chi connectivity index (χ4v) is 3.09. The van der Waals surface area contributed by atoms with Crippen molar-refractivity contribution in [3.8, 4) is 0 Å². The van der Waals surface area contributed by atoms with Crippen LogP contribution in [0.2, 0.25) is 0 Å². The van der Waals surface area contributed by atoms with Crippen LogP contribution in [-0.4, -0.2) is 12.6 Å². The van der Waals surface area contributed by atoms with Crippen LogP contribution in [0, 0.1) is 0 Å². The summed E-state index contributed by atoms with van der Waals surface area (Å²) in [6.45, 7) is 5.63. The molecule has 0 fully saturated rings. The van der Waals surface area contributed by atoms with Gasteiger partial charge in [-0.15, -0.1) is 11.3 Å². The van der Waals surface area contributed by atoms with E-state index < -0.39 is 0 Å². The van der Waals surface area contributed by atoms with E-state index >= 15 is 0 Å². The molecule has 2 rings (SSSR count). The predicted octanol–water partition coefficient (Wildman–Crippen LogP) is 4.22. The minimum atomic E-state index is 0.619. The third-order valence-electron chi connectivity index (χ3n) is 3.15. The highest BCUT2D eigenvalue weighted by Crippen LogP contribution is 2.26. The molecular weight excluding hydrogens is 226 g/mol. The first-order valence-corrected chi connectivity index (χ1v) is 7.37. The fourth-order valence-electron chi connectivity index (χ4n) is 2.09. The van der Waals surface area contributed by atoms with Gasteiger partial charge in [0, 0.05) is 10.7 Å². The second-order valence-electron chi connectivity index (χ2n) is 4.65. The van der Waals surface area contributed by atoms with E-state index in [2.05, 4.69) is 48.8 Å². The van der Waals surface area contributed by atoms with Crippen LogP contribution in [0.4, 0.5) is 0 Å². The second-order valence-corrected chi connectivity index (χ2v) is 5.56. The second kappa shape index (κ2) is 6.18. The van der Waals surface area contributed by atoms with E-state index in [1.807, 2.05) is 11.3 Å². The Kier molecular flexibility index (Phi) is 4.57. The van der Waals surface area contributed by atoms with Gasteiger partial charge < -0.3 is 5.32 Å². The Bertz CT molecular complexity index is 461. The van der Waals surface area contributed by atoms with Crippen LogP contribution in [-0.2, 0) is 6.42 Å². The molecule has 0 amide bonds. The Morgan fingerprint density at radius 2 is 2.12 bits per heavy atom. The van der Waals surface area contributed by atoms with E-state index in [1.165, 1.54) is 34.9 Å². The van der Waals surface area contributed by atoms with Crippen LogP contribution >= 0.6 is 11.3 Å². The van der Waals surface area contributed by atoms with Gasteiger partial charge in [0.25, 0.3) is 0 Å². The van der Waals surface area contributed by atoms with Crippen LogP contribution in [0.5, 0.6) is 0 Å². The molecule has 1 heterocycles. The van der Waals surface area contributed by atoms with E-state index in [0.29, 0.717) is 6.04 Å². The molecule has 0 spiro atoms. The molecule has 1 aromatic carbocycles. The third-order valence-corrected chi connectivity index (χ3v) is 4.16. The summed E-state index contributed by atoms with van der Waals surface area (Å²) < 4.78 is 1.41. The first-order valence-electron chi connectivity index (χ1n) is 6.49. The van der Waals surface area contributed by atoms with Crippen molar-refractivity contribution in [2.75, 3.05) is 6.54 Å². The van der Waals surface area contributed by atoms with Gasteiger partial charge in [0.2, 0.25) is 0 Å². The average molecular weight is 247 g/mol. The van der Waals surface area contributed by atoms with Crippen molar-refractivity contribution in [2.24, 2.45) is 0 Å². The number of benzene rings is 1. The minimum Gasteiger partial charge on any atom is -0.314 e. The van der Waals surface area contributed by atoms with Crippen molar-refractivity contribution >= 4 is 21.4 Å². The summed E-state index contributed by atoms with van der Waals surface area (Å²) in [6, 6.07) is 9.33. The van der Waals surface area contributed by atoms with Gasteiger partial charge in [-0.2, -0.15) is 0 Å². The number of nitrogens with one attached hydrogen (secondary N) is 1. The summed E-state index contributed by atoms with van der Waals surface area (Å²) in [6.07, 6.45) is 3.62. The fraction of sp³-hybridized carbons (Fsp3) is 0.467. The molecule has 0 saturated heterocycles.